The minimum absolute atomic E-state index is 0.113. The van der Waals surface area contributed by atoms with Crippen LogP contribution in [-0.2, 0) is 35.7 Å². The van der Waals surface area contributed by atoms with Crippen LogP contribution in [0.1, 0.15) is 36.1 Å². The molecule has 3 amide bonds. The van der Waals surface area contributed by atoms with Crippen molar-refractivity contribution in [1.29, 1.82) is 0 Å². The lowest BCUT2D eigenvalue weighted by molar-refractivity contribution is -0.136. The highest BCUT2D eigenvalue weighted by Gasteiger charge is 2.34. The maximum atomic E-state index is 12.5. The second-order valence-corrected chi connectivity index (χ2v) is 10.2. The van der Waals surface area contributed by atoms with Gasteiger partial charge in [0.25, 0.3) is 0 Å². The van der Waals surface area contributed by atoms with Crippen molar-refractivity contribution in [3.8, 4) is 5.69 Å². The van der Waals surface area contributed by atoms with Crippen LogP contribution in [0.15, 0.2) is 24.3 Å². The molecule has 0 radical (unpaired) electrons. The number of aryl methyl sites for hydroxylation is 1. The smallest absolute Gasteiger partial charge is 0.314 e. The van der Waals surface area contributed by atoms with E-state index < -0.39 is 21.7 Å². The second-order valence-electron chi connectivity index (χ2n) is 8.10. The summed E-state index contributed by atoms with van der Waals surface area (Å²) >= 11 is 0. The number of rotatable bonds is 6. The number of nitrogens with zero attached hydrogens (tertiary/aromatic N) is 3. The van der Waals surface area contributed by atoms with Gasteiger partial charge in [-0.2, -0.15) is 5.10 Å². The molecule has 3 heterocycles. The number of nitrogens with one attached hydrogen (secondary N) is 2. The van der Waals surface area contributed by atoms with Gasteiger partial charge in [0.05, 0.1) is 22.9 Å². The number of likely N-dealkylation sites (tertiary alicyclic amines) is 1. The number of hydrogen-bond acceptors (Lipinski definition) is 6. The minimum Gasteiger partial charge on any atom is -0.348 e. The van der Waals surface area contributed by atoms with Gasteiger partial charge in [-0.3, -0.25) is 14.4 Å². The quantitative estimate of drug-likeness (QED) is 0.482. The number of carbonyl (C=O) groups excluding carboxylic acids is 3. The number of sulfone groups is 1. The summed E-state index contributed by atoms with van der Waals surface area (Å²) in [5.74, 6) is -1.87. The summed E-state index contributed by atoms with van der Waals surface area (Å²) in [4.78, 5) is 38.2. The largest absolute Gasteiger partial charge is 0.348 e. The molecule has 32 heavy (non-hydrogen) atoms. The fraction of sp³-hybridized carbons (Fsp3) is 0.429. The Morgan fingerprint density at radius 2 is 2.00 bits per heavy atom. The van der Waals surface area contributed by atoms with Crippen molar-refractivity contribution in [3.05, 3.63) is 41.1 Å². The Morgan fingerprint density at radius 1 is 1.19 bits per heavy atom. The standard InChI is InChI=1S/C21H25N5O5S/c1-14-5-2-6-15(11-14)26-19(16-12-32(30,31)13-17(16)24-26)23-21(29)20(28)22-8-4-10-25-9-3-7-18(25)27/h2,5-6,11H,3-4,7-10,12-13H2,1H3,(H,22,28)(H,23,29). The zero-order valence-corrected chi connectivity index (χ0v) is 18.6. The predicted molar refractivity (Wildman–Crippen MR) is 117 cm³/mol. The Labute approximate surface area is 185 Å². The molecular weight excluding hydrogens is 434 g/mol. The van der Waals surface area contributed by atoms with E-state index in [1.807, 2.05) is 25.1 Å². The van der Waals surface area contributed by atoms with E-state index in [1.54, 1.807) is 11.0 Å². The van der Waals surface area contributed by atoms with Gasteiger partial charge in [0.1, 0.15) is 5.82 Å². The van der Waals surface area contributed by atoms with Crippen LogP contribution in [-0.4, -0.2) is 60.5 Å². The molecule has 1 aromatic heterocycles. The molecular formula is C21H25N5O5S. The van der Waals surface area contributed by atoms with Crippen LogP contribution in [0.5, 0.6) is 0 Å². The van der Waals surface area contributed by atoms with Crippen LogP contribution in [0.3, 0.4) is 0 Å². The fourth-order valence-electron chi connectivity index (χ4n) is 3.97. The van der Waals surface area contributed by atoms with Gasteiger partial charge in [0.15, 0.2) is 9.84 Å². The van der Waals surface area contributed by atoms with E-state index in [0.717, 1.165) is 18.5 Å². The van der Waals surface area contributed by atoms with Crippen LogP contribution in [0.2, 0.25) is 0 Å². The Morgan fingerprint density at radius 3 is 2.72 bits per heavy atom. The Bertz CT molecular complexity index is 1190. The molecule has 0 unspecified atom stereocenters. The summed E-state index contributed by atoms with van der Waals surface area (Å²) in [6, 6.07) is 7.38. The molecule has 1 aromatic carbocycles. The fourth-order valence-corrected chi connectivity index (χ4v) is 5.47. The lowest BCUT2D eigenvalue weighted by Crippen LogP contribution is -2.37. The molecule has 2 aliphatic rings. The first-order chi connectivity index (χ1) is 15.2. The first-order valence-electron chi connectivity index (χ1n) is 10.5. The maximum absolute atomic E-state index is 12.5. The van der Waals surface area contributed by atoms with E-state index in [9.17, 15) is 22.8 Å². The van der Waals surface area contributed by atoms with E-state index in [0.29, 0.717) is 36.3 Å². The molecule has 0 bridgehead atoms. The van der Waals surface area contributed by atoms with Crippen molar-refractivity contribution in [2.45, 2.75) is 37.7 Å². The van der Waals surface area contributed by atoms with Crippen molar-refractivity contribution in [2.24, 2.45) is 0 Å². The van der Waals surface area contributed by atoms with Gasteiger partial charge in [-0.25, -0.2) is 13.1 Å². The molecule has 4 rings (SSSR count). The minimum atomic E-state index is -3.34. The number of fused-ring (bicyclic) bond motifs is 1. The summed E-state index contributed by atoms with van der Waals surface area (Å²) in [5.41, 5.74) is 2.40. The molecule has 1 fully saturated rings. The van der Waals surface area contributed by atoms with E-state index in [1.165, 1.54) is 4.68 Å². The number of aromatic nitrogens is 2. The number of benzene rings is 1. The van der Waals surface area contributed by atoms with Gasteiger partial charge < -0.3 is 15.5 Å². The lowest BCUT2D eigenvalue weighted by Gasteiger charge is -2.15. The molecule has 10 nitrogen and oxygen atoms in total. The van der Waals surface area contributed by atoms with Crippen molar-refractivity contribution in [1.82, 2.24) is 20.0 Å². The highest BCUT2D eigenvalue weighted by atomic mass is 32.2. The molecule has 1 saturated heterocycles. The summed E-state index contributed by atoms with van der Waals surface area (Å²) in [5, 5.41) is 9.50. The first kappa shape index (κ1) is 22.0. The highest BCUT2D eigenvalue weighted by Crippen LogP contribution is 2.33. The molecule has 0 aliphatic carbocycles. The van der Waals surface area contributed by atoms with Crippen LogP contribution < -0.4 is 10.6 Å². The summed E-state index contributed by atoms with van der Waals surface area (Å²) < 4.78 is 25.6. The third-order valence-electron chi connectivity index (χ3n) is 5.53. The van der Waals surface area contributed by atoms with Crippen LogP contribution in [0.4, 0.5) is 5.82 Å². The van der Waals surface area contributed by atoms with E-state index >= 15 is 0 Å². The van der Waals surface area contributed by atoms with Gasteiger partial charge in [-0.15, -0.1) is 0 Å². The summed E-state index contributed by atoms with van der Waals surface area (Å²) in [7, 11) is -3.34. The lowest BCUT2D eigenvalue weighted by atomic mass is 10.2. The van der Waals surface area contributed by atoms with E-state index in [2.05, 4.69) is 15.7 Å². The second kappa shape index (κ2) is 8.73. The third kappa shape index (κ3) is 4.67. The SMILES string of the molecule is Cc1cccc(-n2nc3c(c2NC(=O)C(=O)NCCCN2CCCC2=O)CS(=O)(=O)C3)c1. The topological polar surface area (TPSA) is 130 Å². The van der Waals surface area contributed by atoms with Crippen molar-refractivity contribution < 1.29 is 22.8 Å². The van der Waals surface area contributed by atoms with Crippen molar-refractivity contribution in [3.63, 3.8) is 0 Å². The Kier molecular flexibility index (Phi) is 6.00. The van der Waals surface area contributed by atoms with E-state index in [4.69, 9.17) is 0 Å². The average molecular weight is 460 g/mol. The van der Waals surface area contributed by atoms with Crippen molar-refractivity contribution in [2.75, 3.05) is 25.0 Å². The van der Waals surface area contributed by atoms with Gasteiger partial charge in [-0.1, -0.05) is 12.1 Å². The van der Waals surface area contributed by atoms with Gasteiger partial charge in [0, 0.05) is 31.6 Å². The van der Waals surface area contributed by atoms with E-state index in [-0.39, 0.29) is 29.8 Å². The van der Waals surface area contributed by atoms with Crippen LogP contribution in [0, 0.1) is 6.92 Å². The molecule has 0 atom stereocenters. The Hall–Kier alpha value is -3.21. The van der Waals surface area contributed by atoms with Crippen LogP contribution >= 0.6 is 0 Å². The van der Waals surface area contributed by atoms with Gasteiger partial charge in [0.2, 0.25) is 5.91 Å². The third-order valence-corrected chi connectivity index (χ3v) is 6.98. The number of amides is 3. The number of carbonyl (C=O) groups is 3. The van der Waals surface area contributed by atoms with Gasteiger partial charge in [-0.05, 0) is 37.5 Å². The molecule has 0 spiro atoms. The first-order valence-corrected chi connectivity index (χ1v) is 12.3. The van der Waals surface area contributed by atoms with Crippen molar-refractivity contribution >= 4 is 33.4 Å². The molecule has 0 saturated carbocycles. The maximum Gasteiger partial charge on any atom is 0.314 e. The molecule has 170 valence electrons. The summed E-state index contributed by atoms with van der Waals surface area (Å²) in [6.07, 6.45) is 1.95. The zero-order chi connectivity index (χ0) is 22.9. The monoisotopic (exact) mass is 459 g/mol. The Balaban J connectivity index is 1.45. The zero-order valence-electron chi connectivity index (χ0n) is 17.8. The molecule has 2 N–H and O–H groups in total. The number of hydrogen-bond donors (Lipinski definition) is 2. The summed E-state index contributed by atoms with van der Waals surface area (Å²) in [6.45, 7) is 3.42. The molecule has 2 aliphatic heterocycles. The molecule has 11 heteroatoms. The van der Waals surface area contributed by atoms with Crippen LogP contribution in [0.25, 0.3) is 5.69 Å². The normalized spacial score (nSPS) is 16.8. The van der Waals surface area contributed by atoms with Gasteiger partial charge >= 0.3 is 11.8 Å². The average Bonchev–Trinajstić information content (AvgIpc) is 3.37. The molecule has 2 aromatic rings. The predicted octanol–water partition coefficient (Wildman–Crippen LogP) is 0.676. The highest BCUT2D eigenvalue weighted by molar-refractivity contribution is 7.90. The number of anilines is 1.